The lowest BCUT2D eigenvalue weighted by Crippen LogP contribution is -2.20. The number of rotatable bonds is 6. The Kier molecular flexibility index (Phi) is 4.74. The van der Waals surface area contributed by atoms with Gasteiger partial charge in [-0.15, -0.1) is 5.10 Å². The zero-order valence-corrected chi connectivity index (χ0v) is 13.8. The van der Waals surface area contributed by atoms with Gasteiger partial charge in [-0.1, -0.05) is 37.1 Å². The van der Waals surface area contributed by atoms with Gasteiger partial charge in [0, 0.05) is 11.9 Å². The van der Waals surface area contributed by atoms with Gasteiger partial charge in [0.05, 0.1) is 0 Å². The summed E-state index contributed by atoms with van der Waals surface area (Å²) >= 11 is 0. The third-order valence-electron chi connectivity index (χ3n) is 3.99. The summed E-state index contributed by atoms with van der Waals surface area (Å²) in [6.45, 7) is 4.22. The number of amides is 1. The van der Waals surface area contributed by atoms with Gasteiger partial charge in [0.15, 0.2) is 12.3 Å². The van der Waals surface area contributed by atoms with E-state index < -0.39 is 0 Å². The SMILES string of the molecule is CC[C@H](C)c1ccc(NC(=O)COc2nnc3ccccn23)cc1. The normalized spacial score (nSPS) is 12.1. The molecule has 6 heteroatoms. The fourth-order valence-electron chi connectivity index (χ4n) is 2.38. The Bertz CT molecular complexity index is 826. The Morgan fingerprint density at radius 2 is 2.00 bits per heavy atom. The number of pyridine rings is 1. The molecular weight excluding hydrogens is 304 g/mol. The summed E-state index contributed by atoms with van der Waals surface area (Å²) in [5.41, 5.74) is 2.69. The van der Waals surface area contributed by atoms with Crippen LogP contribution >= 0.6 is 0 Å². The number of carbonyl (C=O) groups is 1. The highest BCUT2D eigenvalue weighted by atomic mass is 16.5. The molecule has 1 amide bonds. The summed E-state index contributed by atoms with van der Waals surface area (Å²) in [5.74, 6) is 0.276. The molecule has 0 radical (unpaired) electrons. The molecule has 0 aliphatic rings. The van der Waals surface area contributed by atoms with Gasteiger partial charge in [0.25, 0.3) is 5.91 Å². The van der Waals surface area contributed by atoms with Crippen molar-refractivity contribution in [1.82, 2.24) is 14.6 Å². The van der Waals surface area contributed by atoms with Crippen LogP contribution in [0.2, 0.25) is 0 Å². The Labute approximate surface area is 140 Å². The topological polar surface area (TPSA) is 68.5 Å². The van der Waals surface area contributed by atoms with E-state index in [1.165, 1.54) is 5.56 Å². The van der Waals surface area contributed by atoms with Crippen LogP contribution in [0, 0.1) is 0 Å². The second-order valence-electron chi connectivity index (χ2n) is 5.68. The third-order valence-corrected chi connectivity index (χ3v) is 3.99. The summed E-state index contributed by atoms with van der Waals surface area (Å²) in [5, 5.41) is 10.7. The minimum Gasteiger partial charge on any atom is -0.453 e. The average molecular weight is 324 g/mol. The number of aromatic nitrogens is 3. The Balaban J connectivity index is 1.57. The molecule has 0 saturated carbocycles. The molecule has 3 rings (SSSR count). The van der Waals surface area contributed by atoms with Crippen LogP contribution in [-0.4, -0.2) is 27.1 Å². The second kappa shape index (κ2) is 7.12. The number of nitrogens with zero attached hydrogens (tertiary/aromatic N) is 3. The largest absolute Gasteiger partial charge is 0.453 e. The summed E-state index contributed by atoms with van der Waals surface area (Å²) in [6, 6.07) is 13.7. The first-order valence-electron chi connectivity index (χ1n) is 7.99. The van der Waals surface area contributed by atoms with Gasteiger partial charge in [-0.3, -0.25) is 9.20 Å². The number of carbonyl (C=O) groups excluding carboxylic acids is 1. The summed E-state index contributed by atoms with van der Waals surface area (Å²) in [4.78, 5) is 12.0. The minimum atomic E-state index is -0.237. The van der Waals surface area contributed by atoms with E-state index in [9.17, 15) is 4.79 Å². The van der Waals surface area contributed by atoms with E-state index in [1.54, 1.807) is 10.6 Å². The zero-order chi connectivity index (χ0) is 16.9. The van der Waals surface area contributed by atoms with Crippen LogP contribution in [0.15, 0.2) is 48.7 Å². The van der Waals surface area contributed by atoms with Gasteiger partial charge in [-0.05, 0) is 42.2 Å². The number of fused-ring (bicyclic) bond motifs is 1. The molecule has 0 aliphatic heterocycles. The van der Waals surface area contributed by atoms with Crippen molar-refractivity contribution in [3.8, 4) is 6.01 Å². The highest BCUT2D eigenvalue weighted by Crippen LogP contribution is 2.20. The smallest absolute Gasteiger partial charge is 0.322 e. The van der Waals surface area contributed by atoms with Crippen molar-refractivity contribution in [3.05, 3.63) is 54.2 Å². The molecule has 0 fully saturated rings. The highest BCUT2D eigenvalue weighted by Gasteiger charge is 2.09. The summed E-state index contributed by atoms with van der Waals surface area (Å²) in [7, 11) is 0. The molecule has 6 nitrogen and oxygen atoms in total. The number of hydrogen-bond acceptors (Lipinski definition) is 4. The third kappa shape index (κ3) is 3.53. The first-order chi connectivity index (χ1) is 11.7. The zero-order valence-electron chi connectivity index (χ0n) is 13.8. The summed E-state index contributed by atoms with van der Waals surface area (Å²) < 4.78 is 7.14. The maximum atomic E-state index is 12.0. The molecule has 0 bridgehead atoms. The molecule has 2 aromatic heterocycles. The average Bonchev–Trinajstić information content (AvgIpc) is 3.03. The number of anilines is 1. The predicted octanol–water partition coefficient (Wildman–Crippen LogP) is 3.26. The predicted molar refractivity (Wildman–Crippen MR) is 92.3 cm³/mol. The standard InChI is InChI=1S/C18H20N4O2/c1-3-13(2)14-7-9-15(10-8-14)19-17(23)12-24-18-21-20-16-6-4-5-11-22(16)18/h4-11,13H,3,12H2,1-2H3,(H,19,23)/t13-/m0/s1. The Hall–Kier alpha value is -2.89. The number of hydrogen-bond donors (Lipinski definition) is 1. The van der Waals surface area contributed by atoms with Gasteiger partial charge < -0.3 is 10.1 Å². The molecule has 3 aromatic rings. The van der Waals surface area contributed by atoms with Crippen LogP contribution in [0.5, 0.6) is 6.01 Å². The van der Waals surface area contributed by atoms with E-state index >= 15 is 0 Å². The van der Waals surface area contributed by atoms with Crippen molar-refractivity contribution in [3.63, 3.8) is 0 Å². The quantitative estimate of drug-likeness (QED) is 0.755. The van der Waals surface area contributed by atoms with Crippen molar-refractivity contribution < 1.29 is 9.53 Å². The van der Waals surface area contributed by atoms with Gasteiger partial charge in [-0.25, -0.2) is 0 Å². The number of nitrogens with one attached hydrogen (secondary N) is 1. The fraction of sp³-hybridized carbons (Fsp3) is 0.278. The van der Waals surface area contributed by atoms with Crippen LogP contribution in [0.25, 0.3) is 5.65 Å². The van der Waals surface area contributed by atoms with Crippen LogP contribution in [0.3, 0.4) is 0 Å². The van der Waals surface area contributed by atoms with Crippen LogP contribution < -0.4 is 10.1 Å². The van der Waals surface area contributed by atoms with E-state index in [0.717, 1.165) is 12.1 Å². The van der Waals surface area contributed by atoms with E-state index in [-0.39, 0.29) is 12.5 Å². The lowest BCUT2D eigenvalue weighted by molar-refractivity contribution is -0.118. The van der Waals surface area contributed by atoms with E-state index in [1.807, 2.05) is 42.5 Å². The van der Waals surface area contributed by atoms with Crippen LogP contribution in [0.1, 0.15) is 31.7 Å². The molecular formula is C18H20N4O2. The monoisotopic (exact) mass is 324 g/mol. The first-order valence-corrected chi connectivity index (χ1v) is 7.99. The molecule has 24 heavy (non-hydrogen) atoms. The summed E-state index contributed by atoms with van der Waals surface area (Å²) in [6.07, 6.45) is 2.88. The second-order valence-corrected chi connectivity index (χ2v) is 5.68. The Morgan fingerprint density at radius 3 is 2.75 bits per heavy atom. The molecule has 1 N–H and O–H groups in total. The van der Waals surface area contributed by atoms with Crippen molar-refractivity contribution in [2.24, 2.45) is 0 Å². The number of ether oxygens (including phenoxy) is 1. The lowest BCUT2D eigenvalue weighted by Gasteiger charge is -2.10. The fourth-order valence-corrected chi connectivity index (χ4v) is 2.38. The van der Waals surface area contributed by atoms with Crippen LogP contribution in [-0.2, 0) is 4.79 Å². The molecule has 0 unspecified atom stereocenters. The number of benzene rings is 1. The molecule has 0 aliphatic carbocycles. The van der Waals surface area contributed by atoms with E-state index in [4.69, 9.17) is 4.74 Å². The van der Waals surface area contributed by atoms with Crippen molar-refractivity contribution in [2.75, 3.05) is 11.9 Å². The maximum Gasteiger partial charge on any atom is 0.322 e. The maximum absolute atomic E-state index is 12.0. The molecule has 1 atom stereocenters. The van der Waals surface area contributed by atoms with E-state index in [2.05, 4.69) is 29.4 Å². The Morgan fingerprint density at radius 1 is 1.21 bits per heavy atom. The van der Waals surface area contributed by atoms with Gasteiger partial charge in [0.1, 0.15) is 0 Å². The van der Waals surface area contributed by atoms with E-state index in [0.29, 0.717) is 17.6 Å². The lowest BCUT2D eigenvalue weighted by atomic mass is 9.99. The molecule has 124 valence electrons. The van der Waals surface area contributed by atoms with Crippen LogP contribution in [0.4, 0.5) is 5.69 Å². The van der Waals surface area contributed by atoms with Crippen molar-refractivity contribution >= 4 is 17.2 Å². The molecule has 1 aromatic carbocycles. The van der Waals surface area contributed by atoms with Gasteiger partial charge in [0.2, 0.25) is 0 Å². The molecule has 2 heterocycles. The minimum absolute atomic E-state index is 0.122. The first kappa shape index (κ1) is 16.0. The molecule has 0 saturated heterocycles. The van der Waals surface area contributed by atoms with Gasteiger partial charge in [-0.2, -0.15) is 0 Å². The van der Waals surface area contributed by atoms with Gasteiger partial charge >= 0.3 is 6.01 Å². The molecule has 0 spiro atoms. The highest BCUT2D eigenvalue weighted by molar-refractivity contribution is 5.91. The van der Waals surface area contributed by atoms with Crippen molar-refractivity contribution in [1.29, 1.82) is 0 Å². The van der Waals surface area contributed by atoms with Crippen molar-refractivity contribution in [2.45, 2.75) is 26.2 Å².